The molecule has 0 radical (unpaired) electrons. The first-order valence-corrected chi connectivity index (χ1v) is 7.11. The lowest BCUT2D eigenvalue weighted by atomic mass is 10.2. The predicted molar refractivity (Wildman–Crippen MR) is 77.5 cm³/mol. The van der Waals surface area contributed by atoms with E-state index < -0.39 is 0 Å². The van der Waals surface area contributed by atoms with Gasteiger partial charge in [0.15, 0.2) is 0 Å². The van der Waals surface area contributed by atoms with Gasteiger partial charge >= 0.3 is 0 Å². The lowest BCUT2D eigenvalue weighted by Gasteiger charge is -2.06. The monoisotopic (exact) mass is 273 g/mol. The van der Waals surface area contributed by atoms with E-state index in [0.717, 1.165) is 10.5 Å². The molecule has 0 fully saturated rings. The van der Waals surface area contributed by atoms with Gasteiger partial charge < -0.3 is 10.4 Å². The maximum atomic E-state index is 11.9. The van der Waals surface area contributed by atoms with Crippen molar-refractivity contribution in [1.82, 2.24) is 5.32 Å². The lowest BCUT2D eigenvalue weighted by Crippen LogP contribution is -2.22. The minimum absolute atomic E-state index is 0.0965. The number of carbonyl (C=O) groups is 1. The Morgan fingerprint density at radius 1 is 1.11 bits per heavy atom. The zero-order chi connectivity index (χ0) is 13.7. The Hall–Kier alpha value is -1.94. The van der Waals surface area contributed by atoms with Crippen molar-refractivity contribution in [2.75, 3.05) is 6.26 Å². The standard InChI is InChI=1S/C15H15NO2S/c1-19-14-8-4-12(5-9-14)15(18)16-10-11-2-6-13(17)7-3-11/h2-9,17H,10H2,1H3,(H,16,18). The van der Waals surface area contributed by atoms with E-state index in [0.29, 0.717) is 12.1 Å². The Balaban J connectivity index is 1.95. The zero-order valence-electron chi connectivity index (χ0n) is 10.6. The number of phenols is 1. The summed E-state index contributed by atoms with van der Waals surface area (Å²) in [7, 11) is 0. The Morgan fingerprint density at radius 2 is 1.74 bits per heavy atom. The van der Waals surface area contributed by atoms with Crippen LogP contribution in [0, 0.1) is 0 Å². The molecule has 0 aliphatic carbocycles. The van der Waals surface area contributed by atoms with Crippen LogP contribution in [0.1, 0.15) is 15.9 Å². The molecule has 98 valence electrons. The van der Waals surface area contributed by atoms with Crippen LogP contribution in [-0.2, 0) is 6.54 Å². The Morgan fingerprint density at radius 3 is 2.32 bits per heavy atom. The molecule has 2 aromatic rings. The molecule has 0 aliphatic rings. The van der Waals surface area contributed by atoms with Gasteiger partial charge in [0.2, 0.25) is 0 Å². The summed E-state index contributed by atoms with van der Waals surface area (Å²) < 4.78 is 0. The molecule has 0 saturated heterocycles. The molecule has 4 heteroatoms. The summed E-state index contributed by atoms with van der Waals surface area (Å²) in [5.41, 5.74) is 1.60. The molecule has 0 unspecified atom stereocenters. The maximum absolute atomic E-state index is 11.9. The van der Waals surface area contributed by atoms with Crippen molar-refractivity contribution in [3.63, 3.8) is 0 Å². The van der Waals surface area contributed by atoms with Crippen molar-refractivity contribution in [3.05, 3.63) is 59.7 Å². The molecule has 0 bridgehead atoms. The quantitative estimate of drug-likeness (QED) is 0.842. The highest BCUT2D eigenvalue weighted by molar-refractivity contribution is 7.98. The van der Waals surface area contributed by atoms with Crippen LogP contribution >= 0.6 is 11.8 Å². The number of hydrogen-bond donors (Lipinski definition) is 2. The minimum Gasteiger partial charge on any atom is -0.508 e. The first kappa shape index (κ1) is 13.5. The number of amides is 1. The van der Waals surface area contributed by atoms with E-state index in [9.17, 15) is 9.90 Å². The second-order valence-electron chi connectivity index (χ2n) is 4.08. The number of benzene rings is 2. The normalized spacial score (nSPS) is 10.2. The fraction of sp³-hybridized carbons (Fsp3) is 0.133. The van der Waals surface area contributed by atoms with Crippen LogP contribution in [0.5, 0.6) is 5.75 Å². The number of rotatable bonds is 4. The van der Waals surface area contributed by atoms with Crippen LogP contribution in [-0.4, -0.2) is 17.3 Å². The number of phenolic OH excluding ortho intramolecular Hbond substituents is 1. The first-order valence-electron chi connectivity index (χ1n) is 5.89. The van der Waals surface area contributed by atoms with Crippen LogP contribution in [0.4, 0.5) is 0 Å². The second kappa shape index (κ2) is 6.29. The molecular formula is C15H15NO2S. The number of thioether (sulfide) groups is 1. The smallest absolute Gasteiger partial charge is 0.251 e. The minimum atomic E-state index is -0.0965. The lowest BCUT2D eigenvalue weighted by molar-refractivity contribution is 0.0951. The fourth-order valence-electron chi connectivity index (χ4n) is 1.64. The highest BCUT2D eigenvalue weighted by Crippen LogP contribution is 2.15. The highest BCUT2D eigenvalue weighted by Gasteiger charge is 2.04. The van der Waals surface area contributed by atoms with Crippen molar-refractivity contribution in [1.29, 1.82) is 0 Å². The van der Waals surface area contributed by atoms with Crippen molar-refractivity contribution in [3.8, 4) is 5.75 Å². The number of nitrogens with one attached hydrogen (secondary N) is 1. The average molecular weight is 273 g/mol. The molecule has 0 aliphatic heterocycles. The number of carbonyl (C=O) groups excluding carboxylic acids is 1. The molecule has 1 amide bonds. The summed E-state index contributed by atoms with van der Waals surface area (Å²) in [6, 6.07) is 14.3. The van der Waals surface area contributed by atoms with Gasteiger partial charge in [-0.05, 0) is 48.2 Å². The van der Waals surface area contributed by atoms with Crippen LogP contribution in [0.15, 0.2) is 53.4 Å². The third kappa shape index (κ3) is 3.76. The summed E-state index contributed by atoms with van der Waals surface area (Å²) in [5.74, 6) is 0.128. The van der Waals surface area contributed by atoms with E-state index in [4.69, 9.17) is 0 Å². The van der Waals surface area contributed by atoms with Gasteiger partial charge in [0.1, 0.15) is 5.75 Å². The summed E-state index contributed by atoms with van der Waals surface area (Å²) >= 11 is 1.65. The van der Waals surface area contributed by atoms with E-state index in [1.807, 2.05) is 30.5 Å². The van der Waals surface area contributed by atoms with Gasteiger partial charge in [-0.2, -0.15) is 0 Å². The molecule has 3 nitrogen and oxygen atoms in total. The van der Waals surface area contributed by atoms with Gasteiger partial charge in [-0.15, -0.1) is 11.8 Å². The van der Waals surface area contributed by atoms with Crippen molar-refractivity contribution in [2.24, 2.45) is 0 Å². The molecule has 0 heterocycles. The molecule has 2 rings (SSSR count). The first-order chi connectivity index (χ1) is 9.19. The number of aromatic hydroxyl groups is 1. The molecular weight excluding hydrogens is 258 g/mol. The molecule has 2 N–H and O–H groups in total. The molecule has 0 saturated carbocycles. The third-order valence-corrected chi connectivity index (χ3v) is 3.49. The molecule has 19 heavy (non-hydrogen) atoms. The highest BCUT2D eigenvalue weighted by atomic mass is 32.2. The van der Waals surface area contributed by atoms with Gasteiger partial charge in [-0.1, -0.05) is 12.1 Å². The summed E-state index contributed by atoms with van der Waals surface area (Å²) in [6.45, 7) is 0.448. The fourth-order valence-corrected chi connectivity index (χ4v) is 2.05. The Labute approximate surface area is 116 Å². The van der Waals surface area contributed by atoms with Gasteiger partial charge in [0.25, 0.3) is 5.91 Å². The number of hydrogen-bond acceptors (Lipinski definition) is 3. The Kier molecular flexibility index (Phi) is 4.47. The summed E-state index contributed by atoms with van der Waals surface area (Å²) in [6.07, 6.45) is 2.00. The van der Waals surface area contributed by atoms with Gasteiger partial charge in [-0.25, -0.2) is 0 Å². The average Bonchev–Trinajstić information content (AvgIpc) is 2.46. The van der Waals surface area contributed by atoms with Gasteiger partial charge in [0.05, 0.1) is 0 Å². The molecule has 2 aromatic carbocycles. The molecule has 0 spiro atoms. The van der Waals surface area contributed by atoms with Gasteiger partial charge in [0, 0.05) is 17.0 Å². The summed E-state index contributed by atoms with van der Waals surface area (Å²) in [5, 5.41) is 12.0. The van der Waals surface area contributed by atoms with Crippen LogP contribution in [0.3, 0.4) is 0 Å². The Bertz CT molecular complexity index is 549. The second-order valence-corrected chi connectivity index (χ2v) is 4.96. The third-order valence-electron chi connectivity index (χ3n) is 2.74. The molecule has 0 aromatic heterocycles. The summed E-state index contributed by atoms with van der Waals surface area (Å²) in [4.78, 5) is 13.1. The van der Waals surface area contributed by atoms with E-state index >= 15 is 0 Å². The predicted octanol–water partition coefficient (Wildman–Crippen LogP) is 3.04. The molecule has 0 atom stereocenters. The van der Waals surface area contributed by atoms with E-state index in [-0.39, 0.29) is 11.7 Å². The van der Waals surface area contributed by atoms with Crippen molar-refractivity contribution in [2.45, 2.75) is 11.4 Å². The zero-order valence-corrected chi connectivity index (χ0v) is 11.4. The van der Waals surface area contributed by atoms with E-state index in [1.165, 1.54) is 0 Å². The maximum Gasteiger partial charge on any atom is 0.251 e. The largest absolute Gasteiger partial charge is 0.508 e. The van der Waals surface area contributed by atoms with Crippen LogP contribution in [0.2, 0.25) is 0 Å². The van der Waals surface area contributed by atoms with Crippen molar-refractivity contribution < 1.29 is 9.90 Å². The van der Waals surface area contributed by atoms with Crippen LogP contribution < -0.4 is 5.32 Å². The van der Waals surface area contributed by atoms with E-state index in [2.05, 4.69) is 5.32 Å². The van der Waals surface area contributed by atoms with E-state index in [1.54, 1.807) is 36.0 Å². The van der Waals surface area contributed by atoms with Crippen LogP contribution in [0.25, 0.3) is 0 Å². The van der Waals surface area contributed by atoms with Crippen molar-refractivity contribution >= 4 is 17.7 Å². The topological polar surface area (TPSA) is 49.3 Å². The SMILES string of the molecule is CSc1ccc(C(=O)NCc2ccc(O)cc2)cc1. The van der Waals surface area contributed by atoms with Gasteiger partial charge in [-0.3, -0.25) is 4.79 Å².